The molecule has 2 rings (SSSR count). The summed E-state index contributed by atoms with van der Waals surface area (Å²) in [6.45, 7) is 10.2. The Balaban J connectivity index is 2.67. The molecule has 8 nitrogen and oxygen atoms in total. The van der Waals surface area contributed by atoms with E-state index in [2.05, 4.69) is 15.3 Å². The van der Waals surface area contributed by atoms with E-state index in [0.717, 1.165) is 0 Å². The molecule has 2 heterocycles. The number of rotatable bonds is 5. The van der Waals surface area contributed by atoms with Gasteiger partial charge in [-0.1, -0.05) is 27.7 Å². The third-order valence-corrected chi connectivity index (χ3v) is 3.73. The zero-order valence-electron chi connectivity index (χ0n) is 14.9. The van der Waals surface area contributed by atoms with Gasteiger partial charge in [-0.15, -0.1) is 0 Å². The second-order valence-electron chi connectivity index (χ2n) is 6.91. The van der Waals surface area contributed by atoms with Crippen LogP contribution in [-0.4, -0.2) is 31.6 Å². The highest BCUT2D eigenvalue weighted by atomic mass is 16.2. The number of H-pyrrole nitrogens is 1. The van der Waals surface area contributed by atoms with Crippen LogP contribution in [0.5, 0.6) is 0 Å². The maximum atomic E-state index is 12.7. The minimum atomic E-state index is -0.397. The predicted molar refractivity (Wildman–Crippen MR) is 92.3 cm³/mol. The second kappa shape index (κ2) is 6.62. The van der Waals surface area contributed by atoms with E-state index in [9.17, 15) is 14.4 Å². The van der Waals surface area contributed by atoms with Gasteiger partial charge in [-0.25, -0.2) is 9.78 Å². The highest BCUT2D eigenvalue weighted by Gasteiger charge is 2.23. The Morgan fingerprint density at radius 3 is 2.42 bits per heavy atom. The third kappa shape index (κ3) is 3.42. The summed E-state index contributed by atoms with van der Waals surface area (Å²) in [6.07, 6.45) is 0.673. The zero-order chi connectivity index (χ0) is 18.1. The number of fused-ring (bicyclic) bond motifs is 1. The molecule has 0 spiro atoms. The van der Waals surface area contributed by atoms with Crippen molar-refractivity contribution in [2.45, 2.75) is 59.5 Å². The van der Waals surface area contributed by atoms with Gasteiger partial charge >= 0.3 is 5.69 Å². The van der Waals surface area contributed by atoms with E-state index in [1.54, 1.807) is 0 Å². The van der Waals surface area contributed by atoms with Gasteiger partial charge in [0, 0.05) is 32.0 Å². The van der Waals surface area contributed by atoms with Crippen LogP contribution in [0, 0.1) is 0 Å². The Labute approximate surface area is 139 Å². The second-order valence-corrected chi connectivity index (χ2v) is 6.91. The van der Waals surface area contributed by atoms with Gasteiger partial charge in [-0.05, 0) is 6.42 Å². The lowest BCUT2D eigenvalue weighted by Gasteiger charge is -2.13. The Morgan fingerprint density at radius 2 is 1.88 bits per heavy atom. The van der Waals surface area contributed by atoms with Crippen LogP contribution in [-0.2, 0) is 23.3 Å². The summed E-state index contributed by atoms with van der Waals surface area (Å²) >= 11 is 0. The van der Waals surface area contributed by atoms with Crippen molar-refractivity contribution >= 4 is 17.1 Å². The van der Waals surface area contributed by atoms with Crippen LogP contribution in [0.3, 0.4) is 0 Å². The van der Waals surface area contributed by atoms with E-state index in [1.807, 2.05) is 27.7 Å². The summed E-state index contributed by atoms with van der Waals surface area (Å²) in [5.41, 5.74) is -0.356. The first-order chi connectivity index (χ1) is 11.2. The number of aromatic amines is 1. The minimum absolute atomic E-state index is 0.168. The van der Waals surface area contributed by atoms with Gasteiger partial charge in [0.15, 0.2) is 5.65 Å². The summed E-state index contributed by atoms with van der Waals surface area (Å²) in [5, 5.41) is 2.67. The maximum Gasteiger partial charge on any atom is 0.332 e. The molecular weight excluding hydrogens is 310 g/mol. The van der Waals surface area contributed by atoms with Gasteiger partial charge in [0.25, 0.3) is 5.56 Å². The summed E-state index contributed by atoms with van der Waals surface area (Å²) in [7, 11) is 0. The van der Waals surface area contributed by atoms with Crippen molar-refractivity contribution in [1.82, 2.24) is 24.4 Å². The van der Waals surface area contributed by atoms with Crippen LogP contribution in [0.25, 0.3) is 11.2 Å². The average molecular weight is 335 g/mol. The molecule has 2 aromatic heterocycles. The lowest BCUT2D eigenvalue weighted by molar-refractivity contribution is -0.118. The van der Waals surface area contributed by atoms with E-state index >= 15 is 0 Å². The van der Waals surface area contributed by atoms with Crippen molar-refractivity contribution in [1.29, 1.82) is 0 Å². The van der Waals surface area contributed by atoms with E-state index < -0.39 is 5.69 Å². The molecule has 0 saturated carbocycles. The summed E-state index contributed by atoms with van der Waals surface area (Å²) < 4.78 is 2.68. The molecule has 1 amide bonds. The highest BCUT2D eigenvalue weighted by Crippen LogP contribution is 2.20. The van der Waals surface area contributed by atoms with Crippen molar-refractivity contribution in [2.75, 3.05) is 6.54 Å². The van der Waals surface area contributed by atoms with Crippen LogP contribution in [0.15, 0.2) is 9.59 Å². The van der Waals surface area contributed by atoms with E-state index in [-0.39, 0.29) is 23.4 Å². The molecule has 0 bridgehead atoms. The summed E-state index contributed by atoms with van der Waals surface area (Å²) in [5.74, 6) is 0.482. The van der Waals surface area contributed by atoms with Crippen molar-refractivity contribution in [3.05, 3.63) is 26.7 Å². The predicted octanol–water partition coefficient (Wildman–Crippen LogP) is 0.730. The average Bonchev–Trinajstić information content (AvgIpc) is 2.92. The smallest absolute Gasteiger partial charge is 0.332 e. The highest BCUT2D eigenvalue weighted by molar-refractivity contribution is 5.73. The number of carbonyl (C=O) groups excluding carboxylic acids is 1. The molecule has 8 heteroatoms. The Hall–Kier alpha value is -2.38. The molecular formula is C16H25N5O3. The molecule has 0 fully saturated rings. The first-order valence-corrected chi connectivity index (χ1v) is 8.15. The zero-order valence-corrected chi connectivity index (χ0v) is 14.9. The number of hydrogen-bond acceptors (Lipinski definition) is 4. The number of imidazole rings is 1. The fourth-order valence-electron chi connectivity index (χ4n) is 2.49. The summed E-state index contributed by atoms with van der Waals surface area (Å²) in [4.78, 5) is 43.9. The van der Waals surface area contributed by atoms with Crippen molar-refractivity contribution < 1.29 is 4.79 Å². The third-order valence-electron chi connectivity index (χ3n) is 3.73. The van der Waals surface area contributed by atoms with Crippen molar-refractivity contribution in [3.63, 3.8) is 0 Å². The lowest BCUT2D eigenvalue weighted by Crippen LogP contribution is -2.41. The lowest BCUT2D eigenvalue weighted by atomic mass is 9.96. The monoisotopic (exact) mass is 335 g/mol. The largest absolute Gasteiger partial charge is 0.355 e. The molecule has 0 aliphatic carbocycles. The molecule has 2 aromatic rings. The van der Waals surface area contributed by atoms with Gasteiger partial charge in [0.1, 0.15) is 11.3 Å². The normalized spacial score (nSPS) is 11.9. The molecule has 24 heavy (non-hydrogen) atoms. The number of nitrogens with one attached hydrogen (secondary N) is 2. The van der Waals surface area contributed by atoms with Crippen LogP contribution >= 0.6 is 0 Å². The standard InChI is InChI=1S/C16H25N5O3/c1-6-8-21-13(23)11-12(19-14(18-11)16(3,4)5)20(15(21)24)9-7-17-10(2)22/h6-9H2,1-5H3,(H,17,22)(H,18,19). The fourth-order valence-corrected chi connectivity index (χ4v) is 2.49. The molecule has 0 atom stereocenters. The molecule has 0 aromatic carbocycles. The number of nitrogens with zero attached hydrogens (tertiary/aromatic N) is 3. The van der Waals surface area contributed by atoms with Crippen LogP contribution in [0.1, 0.15) is 46.9 Å². The Bertz CT molecular complexity index is 867. The first-order valence-electron chi connectivity index (χ1n) is 8.15. The molecule has 0 aliphatic rings. The fraction of sp³-hybridized carbons (Fsp3) is 0.625. The number of aromatic nitrogens is 4. The quantitative estimate of drug-likeness (QED) is 0.841. The number of amides is 1. The Kier molecular flexibility index (Phi) is 4.96. The molecule has 132 valence electrons. The van der Waals surface area contributed by atoms with Crippen molar-refractivity contribution in [2.24, 2.45) is 0 Å². The van der Waals surface area contributed by atoms with Gasteiger partial charge in [-0.3, -0.25) is 18.7 Å². The van der Waals surface area contributed by atoms with Gasteiger partial charge in [0.05, 0.1) is 0 Å². The van der Waals surface area contributed by atoms with Crippen molar-refractivity contribution in [3.8, 4) is 0 Å². The van der Waals surface area contributed by atoms with Crippen LogP contribution in [0.2, 0.25) is 0 Å². The van der Waals surface area contributed by atoms with E-state index in [0.29, 0.717) is 36.5 Å². The van der Waals surface area contributed by atoms with Gasteiger partial charge in [-0.2, -0.15) is 0 Å². The molecule has 2 N–H and O–H groups in total. The topological polar surface area (TPSA) is 102 Å². The van der Waals surface area contributed by atoms with Gasteiger partial charge in [0.2, 0.25) is 5.91 Å². The minimum Gasteiger partial charge on any atom is -0.355 e. The first kappa shape index (κ1) is 18.0. The number of hydrogen-bond donors (Lipinski definition) is 2. The van der Waals surface area contributed by atoms with Crippen LogP contribution < -0.4 is 16.6 Å². The number of carbonyl (C=O) groups is 1. The van der Waals surface area contributed by atoms with Gasteiger partial charge < -0.3 is 10.3 Å². The van der Waals surface area contributed by atoms with Crippen LogP contribution in [0.4, 0.5) is 0 Å². The molecule has 0 saturated heterocycles. The molecule has 0 aliphatic heterocycles. The van der Waals surface area contributed by atoms with E-state index in [4.69, 9.17) is 0 Å². The van der Waals surface area contributed by atoms with E-state index in [1.165, 1.54) is 16.1 Å². The molecule has 0 unspecified atom stereocenters. The maximum absolute atomic E-state index is 12.7. The molecule has 0 radical (unpaired) electrons. The summed E-state index contributed by atoms with van der Waals surface area (Å²) in [6, 6.07) is 0. The SMILES string of the molecule is CCCn1c(=O)c2[nH]c(C(C)(C)C)nc2n(CCNC(C)=O)c1=O. The Morgan fingerprint density at radius 1 is 1.21 bits per heavy atom.